The Labute approximate surface area is 229 Å². The Morgan fingerprint density at radius 1 is 1.03 bits per heavy atom. The van der Waals surface area contributed by atoms with E-state index >= 15 is 0 Å². The van der Waals surface area contributed by atoms with E-state index in [4.69, 9.17) is 27.9 Å². The summed E-state index contributed by atoms with van der Waals surface area (Å²) in [6.07, 6.45) is 1.43. The largest absolute Gasteiger partial charge is 0.497 e. The molecule has 204 valence electrons. The van der Waals surface area contributed by atoms with Crippen molar-refractivity contribution in [2.45, 2.75) is 46.2 Å². The number of carbonyl (C=O) groups excluding carboxylic acids is 2. The van der Waals surface area contributed by atoms with Crippen molar-refractivity contribution in [3.8, 4) is 5.75 Å². The number of nitrogens with one attached hydrogen (secondary N) is 1. The minimum Gasteiger partial charge on any atom is -0.497 e. The van der Waals surface area contributed by atoms with Crippen LogP contribution >= 0.6 is 23.2 Å². The molecule has 0 bridgehead atoms. The van der Waals surface area contributed by atoms with Gasteiger partial charge in [-0.1, -0.05) is 43.1 Å². The summed E-state index contributed by atoms with van der Waals surface area (Å²) in [5.41, 5.74) is 1.20. The number of benzene rings is 2. The Kier molecular flexibility index (Phi) is 11.5. The molecule has 0 aliphatic carbocycles. The highest BCUT2D eigenvalue weighted by atomic mass is 35.5. The van der Waals surface area contributed by atoms with Gasteiger partial charge in [0, 0.05) is 26.1 Å². The van der Waals surface area contributed by atoms with Crippen LogP contribution < -0.4 is 14.4 Å². The fourth-order valence-corrected chi connectivity index (χ4v) is 4.91. The zero-order valence-corrected chi connectivity index (χ0v) is 24.2. The number of hydrogen-bond donors (Lipinski definition) is 1. The maximum atomic E-state index is 13.3. The predicted octanol–water partition coefficient (Wildman–Crippen LogP) is 4.74. The third-order valence-corrected chi connectivity index (χ3v) is 7.63. The molecule has 0 fully saturated rings. The van der Waals surface area contributed by atoms with Crippen LogP contribution in [0.1, 0.15) is 39.2 Å². The van der Waals surface area contributed by atoms with Crippen LogP contribution in [0.2, 0.25) is 10.0 Å². The lowest BCUT2D eigenvalue weighted by molar-refractivity contribution is -0.140. The van der Waals surface area contributed by atoms with Gasteiger partial charge < -0.3 is 15.0 Å². The fourth-order valence-electron chi connectivity index (χ4n) is 3.62. The minimum atomic E-state index is -3.58. The summed E-state index contributed by atoms with van der Waals surface area (Å²) in [4.78, 5) is 27.6. The van der Waals surface area contributed by atoms with Crippen LogP contribution in [-0.4, -0.2) is 57.6 Å². The molecular weight excluding hydrogens is 537 g/mol. The van der Waals surface area contributed by atoms with Gasteiger partial charge in [-0.05, 0) is 61.2 Å². The van der Waals surface area contributed by atoms with Crippen LogP contribution in [0.15, 0.2) is 42.5 Å². The third kappa shape index (κ3) is 9.39. The summed E-state index contributed by atoms with van der Waals surface area (Å²) in [5.74, 6) is 0.324. The number of halogens is 2. The summed E-state index contributed by atoms with van der Waals surface area (Å²) >= 11 is 12.2. The second kappa shape index (κ2) is 13.9. The van der Waals surface area contributed by atoms with Crippen LogP contribution in [0, 0.1) is 5.92 Å². The first-order chi connectivity index (χ1) is 17.3. The van der Waals surface area contributed by atoms with Crippen LogP contribution in [-0.2, 0) is 26.2 Å². The molecular formula is C26H35Cl2N3O5S. The number of hydrogen-bond acceptors (Lipinski definition) is 5. The average molecular weight is 573 g/mol. The van der Waals surface area contributed by atoms with Crippen molar-refractivity contribution in [1.29, 1.82) is 0 Å². The van der Waals surface area contributed by atoms with E-state index in [1.165, 1.54) is 16.3 Å². The zero-order chi connectivity index (χ0) is 27.8. The van der Waals surface area contributed by atoms with Crippen LogP contribution in [0.3, 0.4) is 0 Å². The van der Waals surface area contributed by atoms with Crippen molar-refractivity contribution in [3.63, 3.8) is 0 Å². The molecule has 8 nitrogen and oxygen atoms in total. The molecule has 2 amide bonds. The smallest absolute Gasteiger partial charge is 0.242 e. The van der Waals surface area contributed by atoms with Crippen LogP contribution in [0.4, 0.5) is 5.69 Å². The molecule has 11 heteroatoms. The topological polar surface area (TPSA) is 96.0 Å². The molecule has 37 heavy (non-hydrogen) atoms. The lowest BCUT2D eigenvalue weighted by Crippen LogP contribution is -2.48. The number of rotatable bonds is 13. The lowest BCUT2D eigenvalue weighted by Gasteiger charge is -2.30. The number of carbonyl (C=O) groups is 2. The average Bonchev–Trinajstić information content (AvgIpc) is 2.84. The molecule has 2 aromatic carbocycles. The monoisotopic (exact) mass is 571 g/mol. The van der Waals surface area contributed by atoms with Gasteiger partial charge in [-0.3, -0.25) is 13.9 Å². The van der Waals surface area contributed by atoms with Gasteiger partial charge in [0.1, 0.15) is 11.8 Å². The van der Waals surface area contributed by atoms with Crippen molar-refractivity contribution in [2.24, 2.45) is 5.92 Å². The van der Waals surface area contributed by atoms with E-state index in [9.17, 15) is 18.0 Å². The van der Waals surface area contributed by atoms with Crippen LogP contribution in [0.25, 0.3) is 0 Å². The molecule has 1 atom stereocenters. The predicted molar refractivity (Wildman–Crippen MR) is 149 cm³/mol. The van der Waals surface area contributed by atoms with Gasteiger partial charge in [0.25, 0.3) is 0 Å². The first-order valence-corrected chi connectivity index (χ1v) is 14.6. The summed E-state index contributed by atoms with van der Waals surface area (Å²) in [5, 5.41) is 3.62. The first kappa shape index (κ1) is 30.7. The van der Waals surface area contributed by atoms with Crippen molar-refractivity contribution >= 4 is 50.7 Å². The van der Waals surface area contributed by atoms with Gasteiger partial charge in [0.2, 0.25) is 21.8 Å². The Hall–Kier alpha value is -2.49. The third-order valence-electron chi connectivity index (χ3n) is 5.70. The number of nitrogens with zero attached hydrogens (tertiary/aromatic N) is 2. The second-order valence-electron chi connectivity index (χ2n) is 9.22. The van der Waals surface area contributed by atoms with Crippen molar-refractivity contribution in [3.05, 3.63) is 58.1 Å². The summed E-state index contributed by atoms with van der Waals surface area (Å²) in [7, 11) is -2.05. The Balaban J connectivity index is 2.18. The molecule has 0 saturated heterocycles. The molecule has 2 aromatic rings. The maximum Gasteiger partial charge on any atom is 0.242 e. The quantitative estimate of drug-likeness (QED) is 0.374. The van der Waals surface area contributed by atoms with E-state index in [0.717, 1.165) is 11.8 Å². The SMILES string of the molecule is COc1ccc(N(CCCC(=O)N(Cc2ccc(Cl)c(Cl)c2)[C@@H](C)C(=O)NCC(C)C)S(C)(=O)=O)cc1. The zero-order valence-electron chi connectivity index (χ0n) is 21.8. The molecule has 0 aliphatic rings. The van der Waals surface area contributed by atoms with E-state index in [0.29, 0.717) is 28.0 Å². The van der Waals surface area contributed by atoms with Crippen molar-refractivity contribution in [1.82, 2.24) is 10.2 Å². The standard InChI is InChI=1S/C26H35Cl2N3O5S/c1-18(2)16-29-26(33)19(3)30(17-20-8-13-23(27)24(28)15-20)25(32)7-6-14-31(37(5,34)35)21-9-11-22(36-4)12-10-21/h8-13,15,18-19H,6-7,14,16-17H2,1-5H3,(H,29,33)/t19-/m0/s1. The van der Waals surface area contributed by atoms with Gasteiger partial charge >= 0.3 is 0 Å². The molecule has 0 spiro atoms. The van der Waals surface area contributed by atoms with Gasteiger partial charge in [0.05, 0.1) is 29.1 Å². The molecule has 0 radical (unpaired) electrons. The minimum absolute atomic E-state index is 0.0469. The molecule has 2 rings (SSSR count). The number of methoxy groups -OCH3 is 1. The lowest BCUT2D eigenvalue weighted by atomic mass is 10.1. The van der Waals surface area contributed by atoms with E-state index in [2.05, 4.69) is 5.32 Å². The van der Waals surface area contributed by atoms with E-state index in [-0.39, 0.29) is 43.7 Å². The highest BCUT2D eigenvalue weighted by Gasteiger charge is 2.27. The molecule has 1 N–H and O–H groups in total. The fraction of sp³-hybridized carbons (Fsp3) is 0.462. The van der Waals surface area contributed by atoms with E-state index < -0.39 is 16.1 Å². The molecule has 0 saturated carbocycles. The van der Waals surface area contributed by atoms with E-state index in [1.54, 1.807) is 49.4 Å². The Morgan fingerprint density at radius 2 is 1.68 bits per heavy atom. The molecule has 0 unspecified atom stereocenters. The molecule has 0 heterocycles. The summed E-state index contributed by atoms with van der Waals surface area (Å²) in [6.45, 7) is 6.39. The number of ether oxygens (including phenoxy) is 1. The number of amides is 2. The van der Waals surface area contributed by atoms with Crippen molar-refractivity contribution in [2.75, 3.05) is 30.8 Å². The molecule has 0 aliphatic heterocycles. The Bertz CT molecular complexity index is 1170. The Morgan fingerprint density at radius 3 is 2.22 bits per heavy atom. The van der Waals surface area contributed by atoms with Crippen LogP contribution in [0.5, 0.6) is 5.75 Å². The van der Waals surface area contributed by atoms with Gasteiger partial charge in [-0.15, -0.1) is 0 Å². The van der Waals surface area contributed by atoms with E-state index in [1.807, 2.05) is 13.8 Å². The highest BCUT2D eigenvalue weighted by Crippen LogP contribution is 2.25. The number of sulfonamides is 1. The van der Waals surface area contributed by atoms with Crippen molar-refractivity contribution < 1.29 is 22.7 Å². The first-order valence-electron chi connectivity index (χ1n) is 12.0. The summed E-state index contributed by atoms with van der Waals surface area (Å²) in [6, 6.07) is 11.0. The summed E-state index contributed by atoms with van der Waals surface area (Å²) < 4.78 is 31.3. The number of anilines is 1. The normalized spacial score (nSPS) is 12.2. The second-order valence-corrected chi connectivity index (χ2v) is 11.9. The van der Waals surface area contributed by atoms with Gasteiger partial charge in [0.15, 0.2) is 0 Å². The maximum absolute atomic E-state index is 13.3. The highest BCUT2D eigenvalue weighted by molar-refractivity contribution is 7.92. The van der Waals surface area contributed by atoms with Gasteiger partial charge in [-0.2, -0.15) is 0 Å². The molecule has 0 aromatic heterocycles. The van der Waals surface area contributed by atoms with Gasteiger partial charge in [-0.25, -0.2) is 8.42 Å².